The minimum Gasteiger partial charge on any atom is -0.398 e. The summed E-state index contributed by atoms with van der Waals surface area (Å²) in [6.45, 7) is 4.01. The number of nitrogen functional groups attached to an aromatic ring is 1. The van der Waals surface area contributed by atoms with Crippen molar-refractivity contribution < 1.29 is 0 Å². The van der Waals surface area contributed by atoms with Crippen LogP contribution in [-0.4, -0.2) is 9.97 Å². The van der Waals surface area contributed by atoms with Crippen LogP contribution in [0, 0.1) is 13.8 Å². The average Bonchev–Trinajstić information content (AvgIpc) is 2.36. The normalized spacial score (nSPS) is 10.5. The van der Waals surface area contributed by atoms with Gasteiger partial charge in [0.15, 0.2) is 0 Å². The highest BCUT2D eigenvalue weighted by molar-refractivity contribution is 7.98. The lowest BCUT2D eigenvalue weighted by molar-refractivity contribution is 1.11. The Hall–Kier alpha value is -1.55. The van der Waals surface area contributed by atoms with Gasteiger partial charge in [0.05, 0.1) is 5.69 Å². The summed E-state index contributed by atoms with van der Waals surface area (Å²) in [4.78, 5) is 9.63. The van der Waals surface area contributed by atoms with Gasteiger partial charge in [0.2, 0.25) is 0 Å². The van der Waals surface area contributed by atoms with Gasteiger partial charge in [0.1, 0.15) is 0 Å². The highest BCUT2D eigenvalue weighted by atomic mass is 32.2. The Labute approximate surface area is 105 Å². The van der Waals surface area contributed by atoms with Crippen LogP contribution in [0.2, 0.25) is 0 Å². The molecule has 0 radical (unpaired) electrons. The van der Waals surface area contributed by atoms with Gasteiger partial charge in [-0.1, -0.05) is 0 Å². The minimum absolute atomic E-state index is 0.834. The van der Waals surface area contributed by atoms with E-state index in [0.29, 0.717) is 0 Å². The average molecular weight is 245 g/mol. The number of aryl methyl sites for hydroxylation is 1. The van der Waals surface area contributed by atoms with E-state index in [4.69, 9.17) is 5.73 Å². The molecule has 2 aromatic heterocycles. The fourth-order valence-corrected chi connectivity index (χ4v) is 2.43. The molecule has 2 rings (SSSR count). The molecule has 0 aliphatic carbocycles. The fourth-order valence-electron chi connectivity index (χ4n) is 1.52. The first-order chi connectivity index (χ1) is 8.18. The van der Waals surface area contributed by atoms with Gasteiger partial charge in [-0.3, -0.25) is 9.97 Å². The summed E-state index contributed by atoms with van der Waals surface area (Å²) in [7, 11) is 0. The van der Waals surface area contributed by atoms with Gasteiger partial charge in [0, 0.05) is 34.9 Å². The second-order valence-corrected chi connectivity index (χ2v) is 4.95. The summed E-state index contributed by atoms with van der Waals surface area (Å²) in [6, 6.07) is 4.00. The molecule has 0 saturated heterocycles. The van der Waals surface area contributed by atoms with Gasteiger partial charge in [-0.15, -0.1) is 11.8 Å². The number of hydrogen-bond acceptors (Lipinski definition) is 4. The van der Waals surface area contributed by atoms with Crippen LogP contribution in [0.5, 0.6) is 0 Å². The Kier molecular flexibility index (Phi) is 3.64. The van der Waals surface area contributed by atoms with Crippen molar-refractivity contribution >= 4 is 17.4 Å². The van der Waals surface area contributed by atoms with Crippen LogP contribution in [0.1, 0.15) is 16.8 Å². The molecule has 0 bridgehead atoms. The topological polar surface area (TPSA) is 51.8 Å². The molecule has 0 aromatic carbocycles. The number of pyridine rings is 2. The zero-order chi connectivity index (χ0) is 12.3. The molecular formula is C13H15N3S. The lowest BCUT2D eigenvalue weighted by atomic mass is 10.1. The van der Waals surface area contributed by atoms with Crippen LogP contribution < -0.4 is 5.73 Å². The Bertz CT molecular complexity index is 512. The Morgan fingerprint density at radius 1 is 1.24 bits per heavy atom. The van der Waals surface area contributed by atoms with Crippen LogP contribution in [0.25, 0.3) is 0 Å². The van der Waals surface area contributed by atoms with Crippen molar-refractivity contribution in [2.24, 2.45) is 0 Å². The predicted octanol–water partition coefficient (Wildman–Crippen LogP) is 2.97. The van der Waals surface area contributed by atoms with Crippen molar-refractivity contribution in [1.29, 1.82) is 0 Å². The van der Waals surface area contributed by atoms with E-state index >= 15 is 0 Å². The van der Waals surface area contributed by atoms with E-state index in [1.165, 1.54) is 4.90 Å². The van der Waals surface area contributed by atoms with E-state index in [2.05, 4.69) is 9.97 Å². The van der Waals surface area contributed by atoms with E-state index in [-0.39, 0.29) is 0 Å². The molecule has 0 fully saturated rings. The molecule has 17 heavy (non-hydrogen) atoms. The number of thioether (sulfide) groups is 1. The monoisotopic (exact) mass is 245 g/mol. The molecule has 0 atom stereocenters. The molecule has 0 saturated carbocycles. The van der Waals surface area contributed by atoms with Crippen molar-refractivity contribution in [2.45, 2.75) is 24.5 Å². The van der Waals surface area contributed by atoms with Gasteiger partial charge < -0.3 is 5.73 Å². The number of hydrogen-bond donors (Lipinski definition) is 1. The highest BCUT2D eigenvalue weighted by Gasteiger charge is 2.06. The number of rotatable bonds is 3. The van der Waals surface area contributed by atoms with E-state index in [9.17, 15) is 0 Å². The van der Waals surface area contributed by atoms with E-state index in [0.717, 1.165) is 28.3 Å². The molecule has 88 valence electrons. The second-order valence-electron chi connectivity index (χ2n) is 3.90. The van der Waals surface area contributed by atoms with Gasteiger partial charge in [-0.2, -0.15) is 0 Å². The first-order valence-electron chi connectivity index (χ1n) is 5.42. The summed E-state index contributed by atoms with van der Waals surface area (Å²) >= 11 is 1.74. The number of aromatic nitrogens is 2. The van der Waals surface area contributed by atoms with E-state index in [1.807, 2.05) is 32.2 Å². The van der Waals surface area contributed by atoms with Crippen LogP contribution in [-0.2, 0) is 5.75 Å². The maximum Gasteiger partial charge on any atom is 0.0556 e. The summed E-state index contributed by atoms with van der Waals surface area (Å²) < 4.78 is 0. The Morgan fingerprint density at radius 2 is 1.94 bits per heavy atom. The molecular weight excluding hydrogens is 230 g/mol. The predicted molar refractivity (Wildman–Crippen MR) is 71.9 cm³/mol. The summed E-state index contributed by atoms with van der Waals surface area (Å²) in [5, 5.41) is 0. The minimum atomic E-state index is 0.834. The van der Waals surface area contributed by atoms with Crippen LogP contribution in [0.3, 0.4) is 0 Å². The van der Waals surface area contributed by atoms with Crippen LogP contribution in [0.15, 0.2) is 35.6 Å². The van der Waals surface area contributed by atoms with E-state index < -0.39 is 0 Å². The summed E-state index contributed by atoms with van der Waals surface area (Å²) in [6.07, 6.45) is 5.43. The third kappa shape index (κ3) is 2.77. The number of anilines is 1. The smallest absolute Gasteiger partial charge is 0.0556 e. The lowest BCUT2D eigenvalue weighted by Crippen LogP contribution is -2.00. The quantitative estimate of drug-likeness (QED) is 0.845. The third-order valence-electron chi connectivity index (χ3n) is 2.70. The zero-order valence-electron chi connectivity index (χ0n) is 9.97. The summed E-state index contributed by atoms with van der Waals surface area (Å²) in [5.74, 6) is 0.834. The SMILES string of the molecule is Cc1cnc(CSc2ccncc2)c(C)c1N. The second kappa shape index (κ2) is 5.19. The molecule has 2 heterocycles. The standard InChI is InChI=1S/C13H15N3S/c1-9-7-16-12(10(2)13(9)14)8-17-11-3-5-15-6-4-11/h3-7H,8H2,1-2H3,(H2,14,16). The van der Waals surface area contributed by atoms with Crippen molar-refractivity contribution in [3.05, 3.63) is 47.5 Å². The van der Waals surface area contributed by atoms with Gasteiger partial charge in [0.25, 0.3) is 0 Å². The number of nitrogens with zero attached hydrogens (tertiary/aromatic N) is 2. The molecule has 2 N–H and O–H groups in total. The maximum atomic E-state index is 5.99. The maximum absolute atomic E-state index is 5.99. The first kappa shape index (κ1) is 11.9. The van der Waals surface area contributed by atoms with Gasteiger partial charge >= 0.3 is 0 Å². The largest absolute Gasteiger partial charge is 0.398 e. The van der Waals surface area contributed by atoms with E-state index in [1.54, 1.807) is 24.2 Å². The molecule has 0 amide bonds. The molecule has 2 aromatic rings. The Balaban J connectivity index is 2.13. The first-order valence-corrected chi connectivity index (χ1v) is 6.40. The Morgan fingerprint density at radius 3 is 2.65 bits per heavy atom. The van der Waals surface area contributed by atoms with Crippen molar-refractivity contribution in [3.63, 3.8) is 0 Å². The van der Waals surface area contributed by atoms with Crippen LogP contribution >= 0.6 is 11.8 Å². The molecule has 0 unspecified atom stereocenters. The molecule has 0 aliphatic heterocycles. The summed E-state index contributed by atoms with van der Waals surface area (Å²) in [5.41, 5.74) is 10.0. The van der Waals surface area contributed by atoms with Crippen LogP contribution in [0.4, 0.5) is 5.69 Å². The fraction of sp³-hybridized carbons (Fsp3) is 0.231. The zero-order valence-corrected chi connectivity index (χ0v) is 10.8. The van der Waals surface area contributed by atoms with Gasteiger partial charge in [-0.05, 0) is 37.1 Å². The molecule has 4 heteroatoms. The number of nitrogens with two attached hydrogens (primary N) is 1. The molecule has 3 nitrogen and oxygen atoms in total. The van der Waals surface area contributed by atoms with Crippen molar-refractivity contribution in [3.8, 4) is 0 Å². The van der Waals surface area contributed by atoms with Crippen molar-refractivity contribution in [2.75, 3.05) is 5.73 Å². The lowest BCUT2D eigenvalue weighted by Gasteiger charge is -2.09. The molecule has 0 spiro atoms. The highest BCUT2D eigenvalue weighted by Crippen LogP contribution is 2.25. The third-order valence-corrected chi connectivity index (χ3v) is 3.72. The van der Waals surface area contributed by atoms with Gasteiger partial charge in [-0.25, -0.2) is 0 Å². The van der Waals surface area contributed by atoms with Crippen molar-refractivity contribution in [1.82, 2.24) is 9.97 Å². The molecule has 0 aliphatic rings.